The predicted octanol–water partition coefficient (Wildman–Crippen LogP) is 4.81. The van der Waals surface area contributed by atoms with E-state index in [1.165, 1.54) is 35.2 Å². The zero-order valence-corrected chi connectivity index (χ0v) is 22.0. The van der Waals surface area contributed by atoms with Gasteiger partial charge in [0.15, 0.2) is 0 Å². The van der Waals surface area contributed by atoms with E-state index in [0.29, 0.717) is 37.7 Å². The molecule has 2 aliphatic heterocycles. The van der Waals surface area contributed by atoms with E-state index < -0.39 is 29.1 Å². The molecule has 2 amide bonds. The molecule has 206 valence electrons. The first-order valence-electron chi connectivity index (χ1n) is 13.2. The van der Waals surface area contributed by atoms with Crippen LogP contribution in [0.15, 0.2) is 36.4 Å². The maximum Gasteiger partial charge on any atom is 0.257 e. The number of amides is 2. The van der Waals surface area contributed by atoms with E-state index in [-0.39, 0.29) is 35.7 Å². The van der Waals surface area contributed by atoms with Gasteiger partial charge in [-0.05, 0) is 76.7 Å². The highest BCUT2D eigenvalue weighted by Crippen LogP contribution is 2.32. The summed E-state index contributed by atoms with van der Waals surface area (Å²) in [6.07, 6.45) is 2.58. The van der Waals surface area contributed by atoms with Crippen molar-refractivity contribution in [3.63, 3.8) is 0 Å². The number of nitrogens with zero attached hydrogens (tertiary/aromatic N) is 2. The molecule has 4 rings (SSSR count). The Morgan fingerprint density at radius 1 is 0.974 bits per heavy atom. The predicted molar refractivity (Wildman–Crippen MR) is 139 cm³/mol. The number of primary amides is 1. The van der Waals surface area contributed by atoms with Crippen molar-refractivity contribution in [3.05, 3.63) is 53.6 Å². The molecule has 0 saturated carbocycles. The van der Waals surface area contributed by atoms with E-state index in [9.17, 15) is 18.4 Å². The van der Waals surface area contributed by atoms with Crippen molar-refractivity contribution >= 4 is 11.8 Å². The molecule has 6 nitrogen and oxygen atoms in total. The average Bonchev–Trinajstić information content (AvgIpc) is 2.87. The molecular formula is C29H36F3N3O3. The van der Waals surface area contributed by atoms with Crippen molar-refractivity contribution in [2.24, 2.45) is 17.6 Å². The minimum absolute atomic E-state index is 0.106. The highest BCUT2D eigenvalue weighted by molar-refractivity contribution is 6.01. The number of likely N-dealkylation sites (tertiary alicyclic amines) is 2. The zero-order chi connectivity index (χ0) is 27.4. The second kappa shape index (κ2) is 11.8. The van der Waals surface area contributed by atoms with Crippen molar-refractivity contribution in [2.75, 3.05) is 39.3 Å². The van der Waals surface area contributed by atoms with Crippen molar-refractivity contribution in [1.82, 2.24) is 9.80 Å². The molecule has 2 N–H and O–H groups in total. The Bertz CT molecular complexity index is 1150. The van der Waals surface area contributed by atoms with E-state index in [2.05, 4.69) is 4.90 Å². The van der Waals surface area contributed by atoms with Gasteiger partial charge in [-0.3, -0.25) is 9.59 Å². The van der Waals surface area contributed by atoms with E-state index >= 15 is 4.39 Å². The largest absolute Gasteiger partial charge is 0.493 e. The minimum Gasteiger partial charge on any atom is -0.493 e. The van der Waals surface area contributed by atoms with Crippen LogP contribution in [-0.4, -0.2) is 66.6 Å². The minimum atomic E-state index is -1.23. The third-order valence-corrected chi connectivity index (χ3v) is 7.44. The molecule has 0 aromatic heterocycles. The van der Waals surface area contributed by atoms with Gasteiger partial charge in [0.05, 0.1) is 12.2 Å². The van der Waals surface area contributed by atoms with Gasteiger partial charge in [-0.2, -0.15) is 0 Å². The molecule has 38 heavy (non-hydrogen) atoms. The Kier molecular flexibility index (Phi) is 8.65. The lowest BCUT2D eigenvalue weighted by atomic mass is 9.94. The van der Waals surface area contributed by atoms with Gasteiger partial charge in [0.2, 0.25) is 5.91 Å². The first-order chi connectivity index (χ1) is 18.0. The number of nitrogens with two attached hydrogens (primary N) is 1. The summed E-state index contributed by atoms with van der Waals surface area (Å²) in [5, 5.41) is 0. The smallest absolute Gasteiger partial charge is 0.257 e. The van der Waals surface area contributed by atoms with Gasteiger partial charge in [0.1, 0.15) is 23.1 Å². The second-order valence-corrected chi connectivity index (χ2v) is 11.0. The topological polar surface area (TPSA) is 75.9 Å². The van der Waals surface area contributed by atoms with Gasteiger partial charge in [0.25, 0.3) is 5.91 Å². The zero-order valence-electron chi connectivity index (χ0n) is 22.0. The fourth-order valence-electron chi connectivity index (χ4n) is 5.35. The van der Waals surface area contributed by atoms with Gasteiger partial charge in [0, 0.05) is 42.7 Å². The van der Waals surface area contributed by atoms with Crippen molar-refractivity contribution in [3.8, 4) is 16.9 Å². The summed E-state index contributed by atoms with van der Waals surface area (Å²) in [4.78, 5) is 28.3. The van der Waals surface area contributed by atoms with Crippen molar-refractivity contribution < 1.29 is 27.5 Å². The maximum absolute atomic E-state index is 15.2. The molecule has 2 aliphatic rings. The summed E-state index contributed by atoms with van der Waals surface area (Å²) in [5.41, 5.74) is 4.23. The molecule has 0 bridgehead atoms. The molecule has 2 aromatic carbocycles. The molecule has 9 heteroatoms. The number of alkyl halides is 1. The van der Waals surface area contributed by atoms with Crippen LogP contribution >= 0.6 is 0 Å². The van der Waals surface area contributed by atoms with Gasteiger partial charge < -0.3 is 20.3 Å². The van der Waals surface area contributed by atoms with E-state index in [1.54, 1.807) is 19.9 Å². The quantitative estimate of drug-likeness (QED) is 0.531. The Hall–Kier alpha value is -3.07. The number of hydrogen-bond donors (Lipinski definition) is 1. The van der Waals surface area contributed by atoms with E-state index in [0.717, 1.165) is 25.9 Å². The molecule has 2 heterocycles. The fourth-order valence-corrected chi connectivity index (χ4v) is 5.35. The number of benzene rings is 2. The number of rotatable bonds is 8. The standard InChI is InChI=1S/C29H36F3N3O3/c1-29(2,32)18-34-12-8-19(9-13-34)17-38-21-6-7-22(25(31)16-21)23-4-3-5-24(30)26(23)28(37)35-14-10-20(11-15-35)27(33)36/h3-7,16,19-20H,8-15,17-18H2,1-2H3,(H2,33,36). The maximum atomic E-state index is 15.2. The van der Waals surface area contributed by atoms with Crippen molar-refractivity contribution in [1.29, 1.82) is 0 Å². The van der Waals surface area contributed by atoms with Crippen LogP contribution < -0.4 is 10.5 Å². The Labute approximate surface area is 221 Å². The molecule has 0 spiro atoms. The summed E-state index contributed by atoms with van der Waals surface area (Å²) in [7, 11) is 0. The highest BCUT2D eigenvalue weighted by Gasteiger charge is 2.30. The molecule has 2 aromatic rings. The van der Waals surface area contributed by atoms with Crippen LogP contribution in [0.4, 0.5) is 13.2 Å². The molecular weight excluding hydrogens is 495 g/mol. The summed E-state index contributed by atoms with van der Waals surface area (Å²) in [6.45, 7) is 6.14. The third-order valence-electron chi connectivity index (χ3n) is 7.44. The fraction of sp³-hybridized carbons (Fsp3) is 0.517. The number of piperidine rings is 2. The number of hydrogen-bond acceptors (Lipinski definition) is 4. The summed E-state index contributed by atoms with van der Waals surface area (Å²) >= 11 is 0. The van der Waals surface area contributed by atoms with Crippen LogP contribution in [0, 0.1) is 23.5 Å². The number of ether oxygens (including phenoxy) is 1. The number of halogens is 3. The summed E-state index contributed by atoms with van der Waals surface area (Å²) in [5.74, 6) is -1.94. The van der Waals surface area contributed by atoms with Gasteiger partial charge in [-0.15, -0.1) is 0 Å². The van der Waals surface area contributed by atoms with Crippen LogP contribution in [0.25, 0.3) is 11.1 Å². The van der Waals surface area contributed by atoms with Crippen LogP contribution in [0.1, 0.15) is 49.9 Å². The summed E-state index contributed by atoms with van der Waals surface area (Å²) in [6, 6.07) is 8.53. The lowest BCUT2D eigenvalue weighted by molar-refractivity contribution is -0.123. The molecule has 0 unspecified atom stereocenters. The Morgan fingerprint density at radius 2 is 1.66 bits per heavy atom. The summed E-state index contributed by atoms with van der Waals surface area (Å²) < 4.78 is 49.9. The Balaban J connectivity index is 1.42. The number of carbonyl (C=O) groups is 2. The van der Waals surface area contributed by atoms with E-state index in [1.807, 2.05) is 0 Å². The van der Waals surface area contributed by atoms with Crippen LogP contribution in [-0.2, 0) is 4.79 Å². The Morgan fingerprint density at radius 3 is 2.26 bits per heavy atom. The van der Waals surface area contributed by atoms with Gasteiger partial charge in [-0.25, -0.2) is 13.2 Å². The lowest BCUT2D eigenvalue weighted by Crippen LogP contribution is -2.42. The van der Waals surface area contributed by atoms with Crippen LogP contribution in [0.2, 0.25) is 0 Å². The van der Waals surface area contributed by atoms with Crippen molar-refractivity contribution in [2.45, 2.75) is 45.2 Å². The molecule has 2 fully saturated rings. The van der Waals surface area contributed by atoms with Gasteiger partial charge in [-0.1, -0.05) is 12.1 Å². The molecule has 0 aliphatic carbocycles. The first kappa shape index (κ1) is 28.0. The van der Waals surface area contributed by atoms with Gasteiger partial charge >= 0.3 is 0 Å². The normalized spacial score (nSPS) is 18.0. The monoisotopic (exact) mass is 531 g/mol. The molecule has 0 atom stereocenters. The van der Waals surface area contributed by atoms with Crippen LogP contribution in [0.5, 0.6) is 5.75 Å². The molecule has 2 saturated heterocycles. The molecule has 0 radical (unpaired) electrons. The average molecular weight is 532 g/mol. The third kappa shape index (κ3) is 6.87. The second-order valence-electron chi connectivity index (χ2n) is 11.0. The first-order valence-corrected chi connectivity index (χ1v) is 13.2. The number of carbonyl (C=O) groups excluding carboxylic acids is 2. The highest BCUT2D eigenvalue weighted by atomic mass is 19.1. The lowest BCUT2D eigenvalue weighted by Gasteiger charge is -2.34. The van der Waals surface area contributed by atoms with Crippen LogP contribution in [0.3, 0.4) is 0 Å². The van der Waals surface area contributed by atoms with E-state index in [4.69, 9.17) is 10.5 Å². The SMILES string of the molecule is CC(C)(F)CN1CCC(COc2ccc(-c3cccc(F)c3C(=O)N3CCC(C(N)=O)CC3)c(F)c2)CC1.